The van der Waals surface area contributed by atoms with Crippen molar-refractivity contribution in [3.63, 3.8) is 0 Å². The first-order valence-corrected chi connectivity index (χ1v) is 6.06. The largest absolute Gasteiger partial charge is 0.481 e. The second-order valence-corrected chi connectivity index (χ2v) is 4.45. The predicted octanol–water partition coefficient (Wildman–Crippen LogP) is 1.58. The summed E-state index contributed by atoms with van der Waals surface area (Å²) in [5, 5.41) is 8.75. The molecule has 2 N–H and O–H groups in total. The molecule has 5 nitrogen and oxygen atoms in total. The summed E-state index contributed by atoms with van der Waals surface area (Å²) >= 11 is 5.07. The second-order valence-electron chi connectivity index (χ2n) is 4.07. The van der Waals surface area contributed by atoms with Crippen molar-refractivity contribution < 1.29 is 9.90 Å². The van der Waals surface area contributed by atoms with Crippen molar-refractivity contribution in [1.82, 2.24) is 9.55 Å². The van der Waals surface area contributed by atoms with Crippen LogP contribution < -0.4 is 5.56 Å². The lowest BCUT2D eigenvalue weighted by Gasteiger charge is -2.07. The molecule has 0 atom stereocenters. The molecule has 0 spiro atoms. The summed E-state index contributed by atoms with van der Waals surface area (Å²) in [6.45, 7) is 0.322. The molecule has 0 aliphatic carbocycles. The molecule has 1 aromatic carbocycles. The Kier molecular flexibility index (Phi) is 3.91. The van der Waals surface area contributed by atoms with Crippen LogP contribution in [0.4, 0.5) is 0 Å². The number of nitrogens with one attached hydrogen (secondary N) is 1. The molecule has 6 heteroatoms. The Morgan fingerprint density at radius 1 is 1.32 bits per heavy atom. The van der Waals surface area contributed by atoms with E-state index in [1.54, 1.807) is 0 Å². The summed E-state index contributed by atoms with van der Waals surface area (Å²) < 4.78 is 1.64. The van der Waals surface area contributed by atoms with E-state index >= 15 is 0 Å². The standard InChI is InChI=1S/C13H12N2O3S/c16-11(17)6-10-7-14-13(19)15(12(10)18)8-9-4-2-1-3-5-9/h1-5,7H,6,8H2,(H,14,19)(H,16,17). The molecule has 0 aliphatic heterocycles. The van der Waals surface area contributed by atoms with Gasteiger partial charge in [-0.25, -0.2) is 0 Å². The molecule has 1 aromatic heterocycles. The van der Waals surface area contributed by atoms with Crippen LogP contribution in [0.15, 0.2) is 41.3 Å². The number of hydrogen-bond acceptors (Lipinski definition) is 3. The minimum Gasteiger partial charge on any atom is -0.481 e. The van der Waals surface area contributed by atoms with Gasteiger partial charge in [0.15, 0.2) is 4.77 Å². The van der Waals surface area contributed by atoms with Crippen LogP contribution in [0, 0.1) is 4.77 Å². The fraction of sp³-hybridized carbons (Fsp3) is 0.154. The molecule has 98 valence electrons. The third kappa shape index (κ3) is 3.17. The summed E-state index contributed by atoms with van der Waals surface area (Å²) in [4.78, 5) is 25.6. The van der Waals surface area contributed by atoms with Gasteiger partial charge < -0.3 is 10.1 Å². The van der Waals surface area contributed by atoms with E-state index in [-0.39, 0.29) is 22.3 Å². The zero-order valence-electron chi connectivity index (χ0n) is 10.00. The highest BCUT2D eigenvalue weighted by Gasteiger charge is 2.09. The summed E-state index contributed by atoms with van der Waals surface area (Å²) in [6, 6.07) is 9.38. The Morgan fingerprint density at radius 2 is 2.00 bits per heavy atom. The van der Waals surface area contributed by atoms with E-state index in [0.717, 1.165) is 5.56 Å². The van der Waals surface area contributed by atoms with Crippen LogP contribution in [0.25, 0.3) is 0 Å². The highest BCUT2D eigenvalue weighted by molar-refractivity contribution is 7.71. The number of carboxylic acid groups (broad SMARTS) is 1. The van der Waals surface area contributed by atoms with Gasteiger partial charge in [0.25, 0.3) is 5.56 Å². The molecule has 0 aliphatic rings. The molecular formula is C13H12N2O3S. The monoisotopic (exact) mass is 276 g/mol. The van der Waals surface area contributed by atoms with Crippen molar-refractivity contribution >= 4 is 18.2 Å². The van der Waals surface area contributed by atoms with E-state index in [0.29, 0.717) is 6.54 Å². The zero-order chi connectivity index (χ0) is 13.8. The van der Waals surface area contributed by atoms with Gasteiger partial charge in [0, 0.05) is 11.8 Å². The number of nitrogens with zero attached hydrogens (tertiary/aromatic N) is 1. The maximum atomic E-state index is 12.1. The van der Waals surface area contributed by atoms with Crippen LogP contribution in [0.2, 0.25) is 0 Å². The molecule has 2 rings (SSSR count). The lowest BCUT2D eigenvalue weighted by Crippen LogP contribution is -2.27. The van der Waals surface area contributed by atoms with Gasteiger partial charge in [-0.2, -0.15) is 0 Å². The van der Waals surface area contributed by atoms with Crippen molar-refractivity contribution in [3.05, 3.63) is 62.8 Å². The maximum Gasteiger partial charge on any atom is 0.308 e. The van der Waals surface area contributed by atoms with Crippen molar-refractivity contribution in [3.8, 4) is 0 Å². The van der Waals surface area contributed by atoms with E-state index in [4.69, 9.17) is 17.3 Å². The van der Waals surface area contributed by atoms with Gasteiger partial charge in [0.1, 0.15) is 0 Å². The topological polar surface area (TPSA) is 75.1 Å². The van der Waals surface area contributed by atoms with Crippen LogP contribution in [0.3, 0.4) is 0 Å². The smallest absolute Gasteiger partial charge is 0.308 e. The van der Waals surface area contributed by atoms with Crippen LogP contribution >= 0.6 is 12.2 Å². The third-order valence-electron chi connectivity index (χ3n) is 2.66. The quantitative estimate of drug-likeness (QED) is 0.831. The first-order chi connectivity index (χ1) is 9.08. The van der Waals surface area contributed by atoms with E-state index in [1.807, 2.05) is 30.3 Å². The average molecular weight is 276 g/mol. The number of hydrogen-bond donors (Lipinski definition) is 2. The number of carbonyl (C=O) groups is 1. The van der Waals surface area contributed by atoms with E-state index in [2.05, 4.69) is 4.98 Å². The Bertz CT molecular complexity index is 704. The molecule has 0 bridgehead atoms. The van der Waals surface area contributed by atoms with E-state index in [9.17, 15) is 9.59 Å². The first-order valence-electron chi connectivity index (χ1n) is 5.65. The lowest BCUT2D eigenvalue weighted by molar-refractivity contribution is -0.136. The van der Waals surface area contributed by atoms with Crippen LogP contribution in [-0.4, -0.2) is 20.6 Å². The van der Waals surface area contributed by atoms with Gasteiger partial charge in [0.05, 0.1) is 13.0 Å². The summed E-state index contributed by atoms with van der Waals surface area (Å²) in [5.74, 6) is -1.05. The Labute approximate surface area is 114 Å². The molecule has 0 saturated carbocycles. The second kappa shape index (κ2) is 5.62. The molecule has 19 heavy (non-hydrogen) atoms. The maximum absolute atomic E-state index is 12.1. The van der Waals surface area contributed by atoms with Gasteiger partial charge >= 0.3 is 5.97 Å². The molecule has 0 unspecified atom stereocenters. The molecule has 0 fully saturated rings. The Hall–Kier alpha value is -2.21. The predicted molar refractivity (Wildman–Crippen MR) is 72.8 cm³/mol. The summed E-state index contributed by atoms with van der Waals surface area (Å²) in [7, 11) is 0. The van der Waals surface area contributed by atoms with Crippen molar-refractivity contribution in [2.75, 3.05) is 0 Å². The van der Waals surface area contributed by atoms with Crippen molar-refractivity contribution in [2.24, 2.45) is 0 Å². The van der Waals surface area contributed by atoms with Crippen LogP contribution in [0.5, 0.6) is 0 Å². The van der Waals surface area contributed by atoms with Crippen LogP contribution in [-0.2, 0) is 17.8 Å². The number of aliphatic carboxylic acids is 1. The minimum absolute atomic E-state index is 0.192. The highest BCUT2D eigenvalue weighted by Crippen LogP contribution is 2.02. The fourth-order valence-electron chi connectivity index (χ4n) is 1.75. The van der Waals surface area contributed by atoms with Crippen molar-refractivity contribution in [1.29, 1.82) is 0 Å². The zero-order valence-corrected chi connectivity index (χ0v) is 10.8. The van der Waals surface area contributed by atoms with Crippen molar-refractivity contribution in [2.45, 2.75) is 13.0 Å². The SMILES string of the molecule is O=C(O)Cc1c[nH]c(=S)n(Cc2ccccc2)c1=O. The van der Waals surface area contributed by atoms with E-state index < -0.39 is 5.97 Å². The molecule has 2 aromatic rings. The third-order valence-corrected chi connectivity index (χ3v) is 3.00. The Balaban J connectivity index is 2.42. The number of H-pyrrole nitrogens is 1. The number of benzene rings is 1. The molecule has 0 radical (unpaired) electrons. The number of aromatic nitrogens is 2. The van der Waals surface area contributed by atoms with Gasteiger partial charge in [0.2, 0.25) is 0 Å². The molecule has 0 saturated heterocycles. The Morgan fingerprint density at radius 3 is 2.63 bits per heavy atom. The van der Waals surface area contributed by atoms with E-state index in [1.165, 1.54) is 10.8 Å². The fourth-order valence-corrected chi connectivity index (χ4v) is 1.96. The first kappa shape index (κ1) is 13.2. The normalized spacial score (nSPS) is 10.3. The number of rotatable bonds is 4. The average Bonchev–Trinajstić information content (AvgIpc) is 2.39. The van der Waals surface area contributed by atoms with Gasteiger partial charge in [-0.1, -0.05) is 30.3 Å². The summed E-state index contributed by atoms with van der Waals surface area (Å²) in [6.07, 6.45) is 1.04. The van der Waals surface area contributed by atoms with Gasteiger partial charge in [-0.05, 0) is 17.8 Å². The molecule has 1 heterocycles. The number of carboxylic acids is 1. The van der Waals surface area contributed by atoms with Gasteiger partial charge in [-0.3, -0.25) is 14.2 Å². The molecular weight excluding hydrogens is 264 g/mol. The van der Waals surface area contributed by atoms with Gasteiger partial charge in [-0.15, -0.1) is 0 Å². The molecule has 0 amide bonds. The summed E-state index contributed by atoms with van der Waals surface area (Å²) in [5.41, 5.74) is 0.753. The number of aromatic amines is 1. The minimum atomic E-state index is -1.05. The lowest BCUT2D eigenvalue weighted by atomic mass is 10.2. The highest BCUT2D eigenvalue weighted by atomic mass is 32.1. The van der Waals surface area contributed by atoms with Crippen LogP contribution in [0.1, 0.15) is 11.1 Å².